The molecule has 0 aliphatic heterocycles. The van der Waals surface area contributed by atoms with Gasteiger partial charge in [0, 0.05) is 12.7 Å². The van der Waals surface area contributed by atoms with Gasteiger partial charge in [-0.2, -0.15) is 5.10 Å². The molecule has 20 heavy (non-hydrogen) atoms. The minimum Gasteiger partial charge on any atom is -0.381 e. The topological polar surface area (TPSA) is 90.0 Å². The maximum Gasteiger partial charge on any atom is 0.267 e. The molecule has 1 heterocycles. The van der Waals surface area contributed by atoms with Crippen LogP contribution in [-0.4, -0.2) is 18.2 Å². The molecule has 0 aliphatic rings. The highest BCUT2D eigenvalue weighted by Crippen LogP contribution is 2.24. The second kappa shape index (κ2) is 5.12. The first-order valence-electron chi connectivity index (χ1n) is 5.96. The molecule has 0 unspecified atom stereocenters. The van der Waals surface area contributed by atoms with Crippen LogP contribution in [0.15, 0.2) is 29.3 Å². The maximum atomic E-state index is 13.7. The van der Waals surface area contributed by atoms with E-state index >= 15 is 0 Å². The summed E-state index contributed by atoms with van der Waals surface area (Å²) in [7, 11) is -3.98. The van der Waals surface area contributed by atoms with Crippen molar-refractivity contribution in [1.82, 2.24) is 9.78 Å². The highest BCUT2D eigenvalue weighted by Gasteiger charge is 2.23. The van der Waals surface area contributed by atoms with Crippen molar-refractivity contribution < 1.29 is 12.8 Å². The first-order valence-corrected chi connectivity index (χ1v) is 7.44. The van der Waals surface area contributed by atoms with Gasteiger partial charge in [-0.1, -0.05) is 12.1 Å². The van der Waals surface area contributed by atoms with Crippen molar-refractivity contribution in [3.63, 3.8) is 0 Å². The number of anilines is 2. The summed E-state index contributed by atoms with van der Waals surface area (Å²) in [6.07, 6.45) is 1.31. The molecule has 1 aromatic carbocycles. The number of nitrogens with two attached hydrogens (primary N) is 1. The average Bonchev–Trinajstić information content (AvgIpc) is 2.76. The minimum atomic E-state index is -3.98. The van der Waals surface area contributed by atoms with Gasteiger partial charge < -0.3 is 5.73 Å². The molecule has 0 saturated heterocycles. The molecule has 2 aromatic rings. The zero-order valence-electron chi connectivity index (χ0n) is 11.1. The Hall–Kier alpha value is -2.09. The van der Waals surface area contributed by atoms with E-state index in [0.29, 0.717) is 12.1 Å². The molecule has 0 fully saturated rings. The van der Waals surface area contributed by atoms with E-state index in [1.165, 1.54) is 23.0 Å². The quantitative estimate of drug-likeness (QED) is 0.899. The van der Waals surface area contributed by atoms with Crippen LogP contribution in [0.2, 0.25) is 0 Å². The third kappa shape index (κ3) is 2.60. The van der Waals surface area contributed by atoms with Crippen LogP contribution in [-0.2, 0) is 16.6 Å². The second-order valence-corrected chi connectivity index (χ2v) is 5.92. The largest absolute Gasteiger partial charge is 0.381 e. The number of hydrogen-bond donors (Lipinski definition) is 2. The van der Waals surface area contributed by atoms with Crippen LogP contribution in [0.4, 0.5) is 15.9 Å². The van der Waals surface area contributed by atoms with Crippen LogP contribution >= 0.6 is 0 Å². The third-order valence-electron chi connectivity index (χ3n) is 2.83. The predicted octanol–water partition coefficient (Wildman–Crippen LogP) is 1.73. The number of aromatic nitrogens is 2. The van der Waals surface area contributed by atoms with Crippen molar-refractivity contribution in [3.8, 4) is 0 Å². The molecule has 0 atom stereocenters. The van der Waals surface area contributed by atoms with Crippen molar-refractivity contribution in [2.45, 2.75) is 25.3 Å². The third-order valence-corrected chi connectivity index (χ3v) is 4.19. The van der Waals surface area contributed by atoms with Crippen molar-refractivity contribution >= 4 is 21.5 Å². The molecule has 0 saturated carbocycles. The van der Waals surface area contributed by atoms with E-state index in [4.69, 9.17) is 5.73 Å². The van der Waals surface area contributed by atoms with Gasteiger partial charge in [-0.3, -0.25) is 9.40 Å². The van der Waals surface area contributed by atoms with Crippen molar-refractivity contribution in [3.05, 3.63) is 35.8 Å². The van der Waals surface area contributed by atoms with Gasteiger partial charge in [-0.05, 0) is 25.5 Å². The normalized spacial score (nSPS) is 11.6. The average molecular weight is 298 g/mol. The molecular weight excluding hydrogens is 283 g/mol. The smallest absolute Gasteiger partial charge is 0.267 e. The van der Waals surface area contributed by atoms with E-state index in [1.54, 1.807) is 19.9 Å². The summed E-state index contributed by atoms with van der Waals surface area (Å²) in [5.41, 5.74) is 5.98. The van der Waals surface area contributed by atoms with Gasteiger partial charge in [0.1, 0.15) is 10.7 Å². The fourth-order valence-corrected chi connectivity index (χ4v) is 2.95. The van der Waals surface area contributed by atoms with Crippen molar-refractivity contribution in [2.24, 2.45) is 0 Å². The number of nitrogens with one attached hydrogen (secondary N) is 1. The maximum absolute atomic E-state index is 13.7. The number of nitrogen functional groups attached to an aromatic ring is 1. The molecule has 8 heteroatoms. The molecule has 0 aliphatic carbocycles. The highest BCUT2D eigenvalue weighted by atomic mass is 32.2. The lowest BCUT2D eigenvalue weighted by Gasteiger charge is -2.10. The lowest BCUT2D eigenvalue weighted by atomic mass is 10.2. The fourth-order valence-electron chi connectivity index (χ4n) is 1.74. The fraction of sp³-hybridized carbons (Fsp3) is 0.250. The highest BCUT2D eigenvalue weighted by molar-refractivity contribution is 7.92. The summed E-state index contributed by atoms with van der Waals surface area (Å²) < 4.78 is 41.8. The van der Waals surface area contributed by atoms with E-state index in [-0.39, 0.29) is 16.4 Å². The molecule has 0 amide bonds. The van der Waals surface area contributed by atoms with Crippen molar-refractivity contribution in [1.29, 1.82) is 0 Å². The zero-order chi connectivity index (χ0) is 14.9. The van der Waals surface area contributed by atoms with E-state index in [1.807, 2.05) is 0 Å². The number of para-hydroxylation sites is 1. The Bertz CT molecular complexity index is 720. The Morgan fingerprint density at radius 3 is 2.70 bits per heavy atom. The van der Waals surface area contributed by atoms with Gasteiger partial charge in [-0.15, -0.1) is 0 Å². The second-order valence-electron chi connectivity index (χ2n) is 4.27. The predicted molar refractivity (Wildman–Crippen MR) is 74.3 cm³/mol. The summed E-state index contributed by atoms with van der Waals surface area (Å²) in [5.74, 6) is -0.761. The Labute approximate surface area is 116 Å². The number of rotatable bonds is 4. The molecule has 0 radical (unpaired) electrons. The monoisotopic (exact) mass is 298 g/mol. The summed E-state index contributed by atoms with van der Waals surface area (Å²) in [6, 6.07) is 4.30. The van der Waals surface area contributed by atoms with Gasteiger partial charge in [0.05, 0.1) is 5.69 Å². The molecule has 2 rings (SSSR count). The summed E-state index contributed by atoms with van der Waals surface area (Å²) in [6.45, 7) is 3.90. The van der Waals surface area contributed by atoms with E-state index < -0.39 is 15.8 Å². The van der Waals surface area contributed by atoms with E-state index in [0.717, 1.165) is 0 Å². The van der Waals surface area contributed by atoms with Gasteiger partial charge in [0.2, 0.25) is 0 Å². The van der Waals surface area contributed by atoms with Gasteiger partial charge in [0.25, 0.3) is 10.0 Å². The Balaban J connectivity index is 2.43. The number of benzene rings is 1. The first kappa shape index (κ1) is 14.3. The van der Waals surface area contributed by atoms with Crippen LogP contribution in [0.25, 0.3) is 0 Å². The summed E-state index contributed by atoms with van der Waals surface area (Å²) in [4.78, 5) is -0.165. The minimum absolute atomic E-state index is 0.0869. The molecule has 0 spiro atoms. The van der Waals surface area contributed by atoms with Crippen LogP contribution in [0.1, 0.15) is 12.5 Å². The standard InChI is InChI=1S/C12H15FN4O2S/c1-3-17-7-10(12(14)15-17)20(18,19)16-11-8(2)5-4-6-9(11)13/h4-7,16H,3H2,1-2H3,(H2,14,15). The lowest BCUT2D eigenvalue weighted by molar-refractivity contribution is 0.598. The van der Waals surface area contributed by atoms with Crippen LogP contribution < -0.4 is 10.5 Å². The summed E-state index contributed by atoms with van der Waals surface area (Å²) in [5, 5.41) is 3.86. The SMILES string of the molecule is CCn1cc(S(=O)(=O)Nc2c(C)cccc2F)c(N)n1. The molecule has 108 valence electrons. The van der Waals surface area contributed by atoms with Gasteiger partial charge >= 0.3 is 0 Å². The van der Waals surface area contributed by atoms with Crippen LogP contribution in [0.3, 0.4) is 0 Å². The van der Waals surface area contributed by atoms with E-state index in [9.17, 15) is 12.8 Å². The molecule has 1 aromatic heterocycles. The number of nitrogens with zero attached hydrogens (tertiary/aromatic N) is 2. The molecule has 6 nitrogen and oxygen atoms in total. The first-order chi connectivity index (χ1) is 9.35. The van der Waals surface area contributed by atoms with Gasteiger partial charge in [0.15, 0.2) is 5.82 Å². The van der Waals surface area contributed by atoms with E-state index in [2.05, 4.69) is 9.82 Å². The summed E-state index contributed by atoms with van der Waals surface area (Å²) >= 11 is 0. The number of hydrogen-bond acceptors (Lipinski definition) is 4. The van der Waals surface area contributed by atoms with Crippen LogP contribution in [0.5, 0.6) is 0 Å². The number of halogens is 1. The van der Waals surface area contributed by atoms with Gasteiger partial charge in [-0.25, -0.2) is 12.8 Å². The Morgan fingerprint density at radius 1 is 1.45 bits per heavy atom. The molecule has 0 bridgehead atoms. The number of sulfonamides is 1. The number of aryl methyl sites for hydroxylation is 2. The van der Waals surface area contributed by atoms with Crippen LogP contribution in [0, 0.1) is 12.7 Å². The lowest BCUT2D eigenvalue weighted by Crippen LogP contribution is -2.15. The zero-order valence-corrected chi connectivity index (χ0v) is 11.9. The molecular formula is C12H15FN4O2S. The Morgan fingerprint density at radius 2 is 2.15 bits per heavy atom. The Kier molecular flexibility index (Phi) is 3.67. The van der Waals surface area contributed by atoms with Crippen molar-refractivity contribution in [2.75, 3.05) is 10.5 Å². The molecule has 3 N–H and O–H groups in total.